The van der Waals surface area contributed by atoms with Gasteiger partial charge in [-0.3, -0.25) is 14.4 Å². The van der Waals surface area contributed by atoms with Gasteiger partial charge in [0, 0.05) is 24.0 Å². The number of benzene rings is 1. The van der Waals surface area contributed by atoms with Crippen LogP contribution in [0.4, 0.5) is 10.1 Å². The van der Waals surface area contributed by atoms with Gasteiger partial charge in [-0.25, -0.2) is 9.37 Å². The number of carbonyl (C=O) groups excluding carboxylic acids is 3. The third-order valence-corrected chi connectivity index (χ3v) is 8.02. The fraction of sp³-hybridized carbons (Fsp3) is 0.520. The van der Waals surface area contributed by atoms with E-state index in [1.807, 2.05) is 0 Å². The lowest BCUT2D eigenvalue weighted by atomic mass is 9.67. The van der Waals surface area contributed by atoms with Crippen LogP contribution in [0.2, 0.25) is 5.02 Å². The second-order valence-electron chi connectivity index (χ2n) is 10.1. The van der Waals surface area contributed by atoms with Gasteiger partial charge in [0.15, 0.2) is 5.69 Å². The second kappa shape index (κ2) is 8.93. The Bertz CT molecular complexity index is 1200. The molecule has 10 heteroatoms. The van der Waals surface area contributed by atoms with E-state index in [0.29, 0.717) is 43.5 Å². The Balaban J connectivity index is 1.35. The van der Waals surface area contributed by atoms with E-state index in [9.17, 15) is 18.8 Å². The van der Waals surface area contributed by atoms with Crippen LogP contribution >= 0.6 is 11.6 Å². The van der Waals surface area contributed by atoms with Crippen molar-refractivity contribution in [2.45, 2.75) is 70.4 Å². The molecule has 3 N–H and O–H groups in total. The third-order valence-electron chi connectivity index (χ3n) is 7.72. The minimum atomic E-state index is -0.690. The number of amides is 3. The van der Waals surface area contributed by atoms with Crippen LogP contribution in [0, 0.1) is 18.2 Å². The number of hydrogen-bond acceptors (Lipinski definition) is 4. The van der Waals surface area contributed by atoms with Crippen LogP contribution in [0.1, 0.15) is 83.9 Å². The molecule has 186 valence electrons. The number of piperidine rings is 1. The average Bonchev–Trinajstić information content (AvgIpc) is 3.52. The summed E-state index contributed by atoms with van der Waals surface area (Å²) in [5, 5.41) is 3.09. The Morgan fingerprint density at radius 2 is 1.91 bits per heavy atom. The molecule has 2 aliphatic carbocycles. The van der Waals surface area contributed by atoms with Gasteiger partial charge in [0.25, 0.3) is 11.8 Å². The van der Waals surface area contributed by atoms with Crippen molar-refractivity contribution in [1.29, 1.82) is 0 Å². The van der Waals surface area contributed by atoms with Crippen LogP contribution in [0.3, 0.4) is 0 Å². The van der Waals surface area contributed by atoms with Crippen LogP contribution in [0.5, 0.6) is 0 Å². The molecule has 2 aromatic rings. The molecule has 35 heavy (non-hydrogen) atoms. The van der Waals surface area contributed by atoms with Crippen molar-refractivity contribution >= 4 is 35.0 Å². The highest BCUT2D eigenvalue weighted by Gasteiger charge is 2.47. The summed E-state index contributed by atoms with van der Waals surface area (Å²) in [5.74, 6) is -1.45. The molecule has 0 unspecified atom stereocenters. The standard InChI is InChI=1S/C25H29ClFN5O3/c1-14-11-19(17(26)12-18(14)27)31-10-2-7-25(24(31)35)8-5-16(6-9-25)32-13-29-20(21(32)22(28)33)23(34)30-15-3-4-15/h11-13,15-16H,2-10H2,1H3,(H2,28,33)(H,30,34). The van der Waals surface area contributed by atoms with Gasteiger partial charge in [-0.2, -0.15) is 0 Å². The molecule has 2 heterocycles. The van der Waals surface area contributed by atoms with E-state index in [1.54, 1.807) is 22.5 Å². The highest BCUT2D eigenvalue weighted by molar-refractivity contribution is 6.34. The number of halogens is 2. The predicted octanol–water partition coefficient (Wildman–Crippen LogP) is 3.90. The number of aryl methyl sites for hydroxylation is 1. The molecule has 3 amide bonds. The van der Waals surface area contributed by atoms with Crippen molar-refractivity contribution in [2.24, 2.45) is 11.1 Å². The van der Waals surface area contributed by atoms with Crippen molar-refractivity contribution in [3.63, 3.8) is 0 Å². The Kier molecular flexibility index (Phi) is 6.07. The molecule has 1 aromatic heterocycles. The fourth-order valence-electron chi connectivity index (χ4n) is 5.58. The van der Waals surface area contributed by atoms with Crippen LogP contribution in [-0.4, -0.2) is 39.9 Å². The summed E-state index contributed by atoms with van der Waals surface area (Å²) in [5.41, 5.74) is 6.30. The zero-order chi connectivity index (χ0) is 24.9. The summed E-state index contributed by atoms with van der Waals surface area (Å²) in [4.78, 5) is 44.4. The van der Waals surface area contributed by atoms with Gasteiger partial charge in [-0.15, -0.1) is 0 Å². The summed E-state index contributed by atoms with van der Waals surface area (Å²) < 4.78 is 15.6. The normalized spacial score (nSPS) is 24.6. The number of aromatic nitrogens is 2. The van der Waals surface area contributed by atoms with E-state index in [0.717, 1.165) is 25.7 Å². The molecule has 1 saturated heterocycles. The molecule has 3 aliphatic rings. The first kappa shape index (κ1) is 23.8. The number of carbonyl (C=O) groups is 3. The number of anilines is 1. The zero-order valence-corrected chi connectivity index (χ0v) is 20.4. The Morgan fingerprint density at radius 1 is 1.20 bits per heavy atom. The Hall–Kier alpha value is -2.94. The first-order chi connectivity index (χ1) is 16.7. The minimum absolute atomic E-state index is 0.0142. The predicted molar refractivity (Wildman–Crippen MR) is 129 cm³/mol. The molecule has 3 fully saturated rings. The van der Waals surface area contributed by atoms with Gasteiger partial charge in [0.05, 0.1) is 17.0 Å². The van der Waals surface area contributed by atoms with Crippen molar-refractivity contribution < 1.29 is 18.8 Å². The van der Waals surface area contributed by atoms with Gasteiger partial charge >= 0.3 is 0 Å². The first-order valence-corrected chi connectivity index (χ1v) is 12.5. The molecular weight excluding hydrogens is 473 g/mol. The number of imidazole rings is 1. The second-order valence-corrected chi connectivity index (χ2v) is 10.5. The number of nitrogens with zero attached hydrogens (tertiary/aromatic N) is 3. The highest BCUT2D eigenvalue weighted by Crippen LogP contribution is 2.49. The van der Waals surface area contributed by atoms with Crippen molar-refractivity contribution in [2.75, 3.05) is 11.4 Å². The minimum Gasteiger partial charge on any atom is -0.364 e. The molecule has 2 saturated carbocycles. The van der Waals surface area contributed by atoms with Crippen molar-refractivity contribution in [3.05, 3.63) is 46.3 Å². The van der Waals surface area contributed by atoms with Crippen molar-refractivity contribution in [1.82, 2.24) is 14.9 Å². The van der Waals surface area contributed by atoms with E-state index in [1.165, 1.54) is 12.4 Å². The summed E-state index contributed by atoms with van der Waals surface area (Å²) >= 11 is 6.32. The van der Waals surface area contributed by atoms with Crippen LogP contribution in [0.15, 0.2) is 18.5 Å². The largest absolute Gasteiger partial charge is 0.364 e. The summed E-state index contributed by atoms with van der Waals surface area (Å²) in [6.45, 7) is 2.20. The fourth-order valence-corrected chi connectivity index (χ4v) is 5.83. The van der Waals surface area contributed by atoms with Crippen LogP contribution in [0.25, 0.3) is 0 Å². The monoisotopic (exact) mass is 501 g/mol. The zero-order valence-electron chi connectivity index (χ0n) is 19.7. The maximum atomic E-state index is 13.9. The molecule has 1 aliphatic heterocycles. The van der Waals surface area contributed by atoms with Crippen molar-refractivity contribution in [3.8, 4) is 0 Å². The molecule has 0 bridgehead atoms. The first-order valence-electron chi connectivity index (χ1n) is 12.2. The van der Waals surface area contributed by atoms with Crippen LogP contribution < -0.4 is 16.0 Å². The topological polar surface area (TPSA) is 110 Å². The lowest BCUT2D eigenvalue weighted by molar-refractivity contribution is -0.133. The lowest BCUT2D eigenvalue weighted by Gasteiger charge is -2.46. The van der Waals surface area contributed by atoms with E-state index in [-0.39, 0.29) is 40.3 Å². The highest BCUT2D eigenvalue weighted by atomic mass is 35.5. The number of primary amides is 1. The quantitative estimate of drug-likeness (QED) is 0.647. The number of rotatable bonds is 5. The molecule has 1 spiro atoms. The molecule has 8 nitrogen and oxygen atoms in total. The van der Waals surface area contributed by atoms with E-state index >= 15 is 0 Å². The van der Waals surface area contributed by atoms with Gasteiger partial charge < -0.3 is 20.5 Å². The Labute approximate surface area is 208 Å². The average molecular weight is 502 g/mol. The Morgan fingerprint density at radius 3 is 2.57 bits per heavy atom. The number of nitrogens with two attached hydrogens (primary N) is 1. The van der Waals surface area contributed by atoms with Gasteiger partial charge in [0.1, 0.15) is 11.5 Å². The summed E-state index contributed by atoms with van der Waals surface area (Å²) in [6.07, 6.45) is 7.52. The van der Waals surface area contributed by atoms with E-state index < -0.39 is 17.1 Å². The number of hydrogen-bond donors (Lipinski definition) is 2. The smallest absolute Gasteiger partial charge is 0.272 e. The molecule has 1 aromatic carbocycles. The molecule has 0 atom stereocenters. The van der Waals surface area contributed by atoms with E-state index in [2.05, 4.69) is 10.3 Å². The molecule has 5 rings (SSSR count). The summed E-state index contributed by atoms with van der Waals surface area (Å²) in [6, 6.07) is 2.96. The molecule has 0 radical (unpaired) electrons. The number of nitrogens with one attached hydrogen (secondary N) is 1. The maximum absolute atomic E-state index is 13.9. The molecular formula is C25H29ClFN5O3. The summed E-state index contributed by atoms with van der Waals surface area (Å²) in [7, 11) is 0. The van der Waals surface area contributed by atoms with Gasteiger partial charge in [-0.05, 0) is 76.0 Å². The SMILES string of the molecule is Cc1cc(N2CCCC3(CCC(n4cnc(C(=O)NC5CC5)c4C(N)=O)CC3)C2=O)c(Cl)cc1F. The van der Waals surface area contributed by atoms with Gasteiger partial charge in [0.2, 0.25) is 5.91 Å². The third kappa shape index (κ3) is 4.30. The van der Waals surface area contributed by atoms with Gasteiger partial charge in [-0.1, -0.05) is 11.6 Å². The maximum Gasteiger partial charge on any atom is 0.272 e. The van der Waals surface area contributed by atoms with E-state index in [4.69, 9.17) is 17.3 Å². The lowest BCUT2D eigenvalue weighted by Crippen LogP contribution is -2.50. The van der Waals surface area contributed by atoms with Crippen LogP contribution in [-0.2, 0) is 4.79 Å².